The summed E-state index contributed by atoms with van der Waals surface area (Å²) in [6.07, 6.45) is 0.617. The molecule has 0 spiro atoms. The summed E-state index contributed by atoms with van der Waals surface area (Å²) in [7, 11) is 0.386. The standard InChI is InChI=1S/C30H37N3O4S/c1-23(25-12-8-5-9-13-25)33-20-28(22-36-21-24-10-6-4-7-11-24)37-29-18-26(14-15-30(29)38(33,34)35)32-17-16-27(19-32)31(2)3/h4-15,18,23,27-28H,16-17,19-22H2,1-3H3/t23-,27+,28+/m1/s1. The number of nitrogens with zero attached hydrogens (tertiary/aromatic N) is 3. The number of hydrogen-bond donors (Lipinski definition) is 0. The van der Waals surface area contributed by atoms with Crippen LogP contribution >= 0.6 is 0 Å². The van der Waals surface area contributed by atoms with Crippen LogP contribution < -0.4 is 9.64 Å². The van der Waals surface area contributed by atoms with Gasteiger partial charge in [-0.2, -0.15) is 4.31 Å². The van der Waals surface area contributed by atoms with Crippen molar-refractivity contribution in [2.24, 2.45) is 0 Å². The highest BCUT2D eigenvalue weighted by molar-refractivity contribution is 7.89. The van der Waals surface area contributed by atoms with E-state index in [1.54, 1.807) is 10.4 Å². The van der Waals surface area contributed by atoms with Gasteiger partial charge in [0.1, 0.15) is 16.7 Å². The lowest BCUT2D eigenvalue weighted by Gasteiger charge is -2.29. The third kappa shape index (κ3) is 5.73. The van der Waals surface area contributed by atoms with E-state index in [0.29, 0.717) is 18.4 Å². The van der Waals surface area contributed by atoms with Crippen molar-refractivity contribution in [1.29, 1.82) is 0 Å². The Morgan fingerprint density at radius 2 is 1.71 bits per heavy atom. The number of anilines is 1. The van der Waals surface area contributed by atoms with E-state index in [4.69, 9.17) is 9.47 Å². The minimum atomic E-state index is -3.82. The fourth-order valence-corrected chi connectivity index (χ4v) is 7.03. The number of ether oxygens (including phenoxy) is 2. The van der Waals surface area contributed by atoms with Crippen molar-refractivity contribution in [2.45, 2.75) is 43.0 Å². The van der Waals surface area contributed by atoms with Crippen LogP contribution in [0.3, 0.4) is 0 Å². The van der Waals surface area contributed by atoms with Crippen molar-refractivity contribution in [3.05, 3.63) is 90.0 Å². The van der Waals surface area contributed by atoms with Gasteiger partial charge in [-0.25, -0.2) is 8.42 Å². The summed E-state index contributed by atoms with van der Waals surface area (Å²) >= 11 is 0. The highest BCUT2D eigenvalue weighted by Crippen LogP contribution is 2.38. The molecule has 2 heterocycles. The summed E-state index contributed by atoms with van der Waals surface area (Å²) in [5, 5.41) is 0. The van der Waals surface area contributed by atoms with Crippen LogP contribution in [0.25, 0.3) is 0 Å². The van der Waals surface area contributed by atoms with Crippen LogP contribution in [0.4, 0.5) is 5.69 Å². The number of sulfonamides is 1. The van der Waals surface area contributed by atoms with Crippen molar-refractivity contribution in [3.8, 4) is 5.75 Å². The summed E-state index contributed by atoms with van der Waals surface area (Å²) in [5.41, 5.74) is 2.99. The number of hydrogen-bond acceptors (Lipinski definition) is 6. The van der Waals surface area contributed by atoms with Crippen molar-refractivity contribution in [1.82, 2.24) is 9.21 Å². The molecular formula is C30H37N3O4S. The summed E-state index contributed by atoms with van der Waals surface area (Å²) in [5.74, 6) is 0.395. The second kappa shape index (κ2) is 11.5. The first-order valence-corrected chi connectivity index (χ1v) is 14.7. The van der Waals surface area contributed by atoms with Crippen LogP contribution in [0.15, 0.2) is 83.8 Å². The molecular weight excluding hydrogens is 498 g/mol. The molecule has 1 saturated heterocycles. The number of likely N-dealkylation sites (N-methyl/N-ethyl adjacent to an activating group) is 1. The Kier molecular flexibility index (Phi) is 8.04. The Balaban J connectivity index is 1.44. The van der Waals surface area contributed by atoms with Crippen LogP contribution in [0.5, 0.6) is 5.75 Å². The molecule has 0 amide bonds. The minimum Gasteiger partial charge on any atom is -0.485 e. The van der Waals surface area contributed by atoms with Crippen molar-refractivity contribution >= 4 is 15.7 Å². The van der Waals surface area contributed by atoms with Gasteiger partial charge in [0, 0.05) is 36.9 Å². The normalized spacial score (nSPS) is 22.1. The molecule has 202 valence electrons. The lowest BCUT2D eigenvalue weighted by molar-refractivity contribution is 0.0313. The zero-order chi connectivity index (χ0) is 26.7. The second-order valence-corrected chi connectivity index (χ2v) is 12.2. The zero-order valence-corrected chi connectivity index (χ0v) is 23.2. The maximum atomic E-state index is 14.0. The largest absolute Gasteiger partial charge is 0.485 e. The third-order valence-corrected chi connectivity index (χ3v) is 9.56. The van der Waals surface area contributed by atoms with Crippen LogP contribution in [0.2, 0.25) is 0 Å². The van der Waals surface area contributed by atoms with E-state index in [1.807, 2.05) is 79.7 Å². The number of fused-ring (bicyclic) bond motifs is 1. The maximum absolute atomic E-state index is 14.0. The van der Waals surface area contributed by atoms with E-state index in [9.17, 15) is 8.42 Å². The quantitative estimate of drug-likeness (QED) is 0.422. The Morgan fingerprint density at radius 1 is 1.00 bits per heavy atom. The van der Waals surface area contributed by atoms with Crippen molar-refractivity contribution < 1.29 is 17.9 Å². The van der Waals surface area contributed by atoms with E-state index in [2.05, 4.69) is 23.9 Å². The predicted octanol–water partition coefficient (Wildman–Crippen LogP) is 4.56. The molecule has 7 nitrogen and oxygen atoms in total. The first kappa shape index (κ1) is 26.7. The van der Waals surface area contributed by atoms with Gasteiger partial charge in [-0.05, 0) is 50.7 Å². The Morgan fingerprint density at radius 3 is 2.39 bits per heavy atom. The Bertz CT molecular complexity index is 1320. The van der Waals surface area contributed by atoms with Gasteiger partial charge in [-0.3, -0.25) is 0 Å². The van der Waals surface area contributed by atoms with Gasteiger partial charge in [-0.15, -0.1) is 0 Å². The molecule has 0 aliphatic carbocycles. The molecule has 3 atom stereocenters. The SMILES string of the molecule is C[C@H](c1ccccc1)N1C[C@@H](COCc2ccccc2)Oc2cc(N3CC[C@H](N(C)C)C3)ccc2S1(=O)=O. The van der Waals surface area contributed by atoms with Crippen LogP contribution in [-0.2, 0) is 21.4 Å². The highest BCUT2D eigenvalue weighted by atomic mass is 32.2. The number of rotatable bonds is 8. The first-order chi connectivity index (χ1) is 18.3. The molecule has 2 aliphatic rings. The molecule has 0 N–H and O–H groups in total. The van der Waals surface area contributed by atoms with E-state index in [-0.39, 0.29) is 24.1 Å². The molecule has 3 aromatic rings. The third-order valence-electron chi connectivity index (χ3n) is 7.58. The van der Waals surface area contributed by atoms with Gasteiger partial charge in [-0.1, -0.05) is 60.7 Å². The lowest BCUT2D eigenvalue weighted by Crippen LogP contribution is -2.40. The van der Waals surface area contributed by atoms with E-state index < -0.39 is 16.1 Å². The van der Waals surface area contributed by atoms with Gasteiger partial charge < -0.3 is 19.3 Å². The molecule has 0 unspecified atom stereocenters. The van der Waals surface area contributed by atoms with Crippen molar-refractivity contribution in [2.75, 3.05) is 45.2 Å². The fraction of sp³-hybridized carbons (Fsp3) is 0.400. The Labute approximate surface area is 226 Å². The van der Waals surface area contributed by atoms with Crippen molar-refractivity contribution in [3.63, 3.8) is 0 Å². The summed E-state index contributed by atoms with van der Waals surface area (Å²) in [6, 6.07) is 25.3. The molecule has 2 aliphatic heterocycles. The second-order valence-electron chi connectivity index (χ2n) is 10.4. The molecule has 0 aromatic heterocycles. The van der Waals surface area contributed by atoms with Gasteiger partial charge in [0.05, 0.1) is 19.8 Å². The van der Waals surface area contributed by atoms with Crippen LogP contribution in [0.1, 0.15) is 30.5 Å². The Hall–Kier alpha value is -2.91. The van der Waals surface area contributed by atoms with Gasteiger partial charge in [0.15, 0.2) is 0 Å². The molecule has 1 fully saturated rings. The van der Waals surface area contributed by atoms with E-state index >= 15 is 0 Å². The predicted molar refractivity (Wildman–Crippen MR) is 150 cm³/mol. The van der Waals surface area contributed by atoms with Gasteiger partial charge in [0.2, 0.25) is 10.0 Å². The molecule has 38 heavy (non-hydrogen) atoms. The van der Waals surface area contributed by atoms with Crippen LogP contribution in [0, 0.1) is 0 Å². The van der Waals surface area contributed by atoms with E-state index in [0.717, 1.165) is 36.3 Å². The highest BCUT2D eigenvalue weighted by Gasteiger charge is 2.38. The monoisotopic (exact) mass is 535 g/mol. The summed E-state index contributed by atoms with van der Waals surface area (Å²) in [4.78, 5) is 4.75. The summed E-state index contributed by atoms with van der Waals surface area (Å²) < 4.78 is 42.1. The molecule has 0 saturated carbocycles. The average Bonchev–Trinajstić information content (AvgIpc) is 3.39. The fourth-order valence-electron chi connectivity index (χ4n) is 5.27. The minimum absolute atomic E-state index is 0.198. The summed E-state index contributed by atoms with van der Waals surface area (Å²) in [6.45, 7) is 4.67. The molecule has 8 heteroatoms. The zero-order valence-electron chi connectivity index (χ0n) is 22.4. The van der Waals surface area contributed by atoms with E-state index in [1.165, 1.54) is 0 Å². The topological polar surface area (TPSA) is 62.3 Å². The average molecular weight is 536 g/mol. The molecule has 3 aromatic carbocycles. The van der Waals surface area contributed by atoms with Gasteiger partial charge in [0.25, 0.3) is 0 Å². The lowest BCUT2D eigenvalue weighted by atomic mass is 10.1. The molecule has 0 bridgehead atoms. The molecule has 5 rings (SSSR count). The first-order valence-electron chi connectivity index (χ1n) is 13.2. The van der Waals surface area contributed by atoms with Crippen LogP contribution in [-0.4, -0.2) is 70.1 Å². The smallest absolute Gasteiger partial charge is 0.247 e. The van der Waals surface area contributed by atoms with Gasteiger partial charge >= 0.3 is 0 Å². The maximum Gasteiger partial charge on any atom is 0.247 e. The molecule has 0 radical (unpaired) electrons. The number of benzene rings is 3.